The first-order chi connectivity index (χ1) is 9.72. The lowest BCUT2D eigenvalue weighted by Gasteiger charge is -2.07. The highest BCUT2D eigenvalue weighted by Crippen LogP contribution is 2.24. The normalized spacial score (nSPS) is 11.9. The van der Waals surface area contributed by atoms with Gasteiger partial charge in [-0.25, -0.2) is 21.9 Å². The van der Waals surface area contributed by atoms with Gasteiger partial charge in [-0.1, -0.05) is 11.6 Å². The predicted molar refractivity (Wildman–Crippen MR) is 73.3 cm³/mol. The van der Waals surface area contributed by atoms with Crippen LogP contribution in [0.4, 0.5) is 8.78 Å². The molecule has 0 aliphatic carbocycles. The Kier molecular flexibility index (Phi) is 4.31. The smallest absolute Gasteiger partial charge is 0.245 e. The fourth-order valence-electron chi connectivity index (χ4n) is 1.84. The molecule has 0 bridgehead atoms. The highest BCUT2D eigenvalue weighted by Gasteiger charge is 2.25. The Morgan fingerprint density at radius 3 is 2.62 bits per heavy atom. The zero-order valence-electron chi connectivity index (χ0n) is 11.2. The number of halogens is 3. The van der Waals surface area contributed by atoms with Gasteiger partial charge in [0.05, 0.1) is 5.69 Å². The SMILES string of the molecule is Cc1nn(C)c(Cl)c1S(=O)(=O)NCc1cc(F)ccc1F. The summed E-state index contributed by atoms with van der Waals surface area (Å²) in [4.78, 5) is -0.177. The molecule has 0 radical (unpaired) electrons. The van der Waals surface area contributed by atoms with E-state index < -0.39 is 28.2 Å². The first-order valence-electron chi connectivity index (χ1n) is 5.85. The molecule has 0 saturated carbocycles. The number of hydrogen-bond acceptors (Lipinski definition) is 3. The van der Waals surface area contributed by atoms with E-state index in [1.807, 2.05) is 0 Å². The molecule has 0 aliphatic heterocycles. The molecule has 1 heterocycles. The Labute approximate surface area is 125 Å². The Balaban J connectivity index is 2.28. The maximum Gasteiger partial charge on any atom is 0.245 e. The van der Waals surface area contributed by atoms with Crippen LogP contribution in [0.5, 0.6) is 0 Å². The molecule has 0 spiro atoms. The number of hydrogen-bond donors (Lipinski definition) is 1. The molecule has 0 fully saturated rings. The average Bonchev–Trinajstić information content (AvgIpc) is 2.65. The molecular weight excluding hydrogens is 324 g/mol. The van der Waals surface area contributed by atoms with Crippen LogP contribution in [-0.4, -0.2) is 18.2 Å². The summed E-state index contributed by atoms with van der Waals surface area (Å²) in [5.41, 5.74) is 0.117. The summed E-state index contributed by atoms with van der Waals surface area (Å²) in [6.07, 6.45) is 0. The zero-order valence-corrected chi connectivity index (χ0v) is 12.8. The van der Waals surface area contributed by atoms with Gasteiger partial charge in [0.15, 0.2) is 0 Å². The number of aryl methyl sites for hydroxylation is 2. The number of nitrogens with zero attached hydrogens (tertiary/aromatic N) is 2. The van der Waals surface area contributed by atoms with Gasteiger partial charge in [0.2, 0.25) is 10.0 Å². The second-order valence-electron chi connectivity index (χ2n) is 4.39. The number of nitrogens with one attached hydrogen (secondary N) is 1. The van der Waals surface area contributed by atoms with Crippen LogP contribution in [0.2, 0.25) is 5.15 Å². The van der Waals surface area contributed by atoms with Crippen LogP contribution in [0.25, 0.3) is 0 Å². The van der Waals surface area contributed by atoms with Gasteiger partial charge in [-0.2, -0.15) is 5.10 Å². The third-order valence-corrected chi connectivity index (χ3v) is 4.93. The second kappa shape index (κ2) is 5.70. The molecule has 0 saturated heterocycles. The molecule has 5 nitrogen and oxygen atoms in total. The minimum atomic E-state index is -3.98. The van der Waals surface area contributed by atoms with Crippen LogP contribution >= 0.6 is 11.6 Å². The van der Waals surface area contributed by atoms with Crippen molar-refractivity contribution in [3.8, 4) is 0 Å². The largest absolute Gasteiger partial charge is 0.255 e. The van der Waals surface area contributed by atoms with Gasteiger partial charge >= 0.3 is 0 Å². The minimum Gasteiger partial charge on any atom is -0.255 e. The first-order valence-corrected chi connectivity index (χ1v) is 7.71. The predicted octanol–water partition coefficient (Wildman–Crippen LogP) is 2.14. The van der Waals surface area contributed by atoms with Crippen molar-refractivity contribution in [1.29, 1.82) is 0 Å². The van der Waals surface area contributed by atoms with Gasteiger partial charge in [-0.15, -0.1) is 0 Å². The van der Waals surface area contributed by atoms with Gasteiger partial charge in [0, 0.05) is 19.2 Å². The lowest BCUT2D eigenvalue weighted by molar-refractivity contribution is 0.566. The van der Waals surface area contributed by atoms with Crippen molar-refractivity contribution < 1.29 is 17.2 Å². The van der Waals surface area contributed by atoms with Crippen molar-refractivity contribution in [3.05, 3.63) is 46.2 Å². The van der Waals surface area contributed by atoms with E-state index >= 15 is 0 Å². The molecular formula is C12H12ClF2N3O2S. The molecule has 21 heavy (non-hydrogen) atoms. The monoisotopic (exact) mass is 335 g/mol. The highest BCUT2D eigenvalue weighted by molar-refractivity contribution is 7.89. The summed E-state index contributed by atoms with van der Waals surface area (Å²) in [6.45, 7) is 1.10. The Bertz CT molecular complexity index is 790. The van der Waals surface area contributed by atoms with E-state index in [4.69, 9.17) is 11.6 Å². The van der Waals surface area contributed by atoms with E-state index in [0.717, 1.165) is 18.2 Å². The van der Waals surface area contributed by atoms with E-state index in [1.54, 1.807) is 0 Å². The van der Waals surface area contributed by atoms with E-state index in [0.29, 0.717) is 0 Å². The molecule has 9 heteroatoms. The number of aromatic nitrogens is 2. The van der Waals surface area contributed by atoms with Crippen LogP contribution in [0, 0.1) is 18.6 Å². The molecule has 2 aromatic rings. The average molecular weight is 336 g/mol. The van der Waals surface area contributed by atoms with Crippen molar-refractivity contribution in [2.75, 3.05) is 0 Å². The van der Waals surface area contributed by atoms with Gasteiger partial charge in [0.1, 0.15) is 21.7 Å². The third kappa shape index (κ3) is 3.22. The van der Waals surface area contributed by atoms with E-state index in [2.05, 4.69) is 9.82 Å². The molecule has 1 aromatic heterocycles. The third-order valence-electron chi connectivity index (χ3n) is 2.83. The molecule has 1 aromatic carbocycles. The zero-order chi connectivity index (χ0) is 15.8. The van der Waals surface area contributed by atoms with E-state index in [1.165, 1.54) is 18.7 Å². The Morgan fingerprint density at radius 1 is 1.38 bits per heavy atom. The molecule has 1 N–H and O–H groups in total. The Hall–Kier alpha value is -1.51. The van der Waals surface area contributed by atoms with Crippen LogP contribution in [0.3, 0.4) is 0 Å². The van der Waals surface area contributed by atoms with Crippen molar-refractivity contribution >= 4 is 21.6 Å². The van der Waals surface area contributed by atoms with Crippen LogP contribution in [0.15, 0.2) is 23.1 Å². The quantitative estimate of drug-likeness (QED) is 0.931. The number of benzene rings is 1. The van der Waals surface area contributed by atoms with Gasteiger partial charge in [-0.3, -0.25) is 4.68 Å². The summed E-state index contributed by atoms with van der Waals surface area (Å²) in [6, 6.07) is 2.81. The topological polar surface area (TPSA) is 64.0 Å². The standard InChI is InChI=1S/C12H12ClF2N3O2S/c1-7-11(12(13)18(2)17-7)21(19,20)16-6-8-5-9(14)3-4-10(8)15/h3-5,16H,6H2,1-2H3. The van der Waals surface area contributed by atoms with Crippen LogP contribution in [-0.2, 0) is 23.6 Å². The first kappa shape index (κ1) is 15.9. The lowest BCUT2D eigenvalue weighted by atomic mass is 10.2. The maximum atomic E-state index is 13.5. The number of sulfonamides is 1. The summed E-state index contributed by atoms with van der Waals surface area (Å²) < 4.78 is 54.3. The van der Waals surface area contributed by atoms with Crippen molar-refractivity contribution in [3.63, 3.8) is 0 Å². The summed E-state index contributed by atoms with van der Waals surface area (Å²) >= 11 is 5.88. The van der Waals surface area contributed by atoms with Crippen LogP contribution in [0.1, 0.15) is 11.3 Å². The molecule has 0 aliphatic rings. The molecule has 0 amide bonds. The lowest BCUT2D eigenvalue weighted by Crippen LogP contribution is -2.24. The second-order valence-corrected chi connectivity index (χ2v) is 6.45. The fraction of sp³-hybridized carbons (Fsp3) is 0.250. The molecule has 114 valence electrons. The summed E-state index contributed by atoms with van der Waals surface area (Å²) in [5, 5.41) is 3.84. The fourth-order valence-corrected chi connectivity index (χ4v) is 3.59. The van der Waals surface area contributed by atoms with Gasteiger partial charge in [-0.05, 0) is 25.1 Å². The van der Waals surface area contributed by atoms with E-state index in [9.17, 15) is 17.2 Å². The van der Waals surface area contributed by atoms with Crippen molar-refractivity contribution in [2.45, 2.75) is 18.4 Å². The summed E-state index contributed by atoms with van der Waals surface area (Å²) in [5.74, 6) is -1.35. The molecule has 0 unspecified atom stereocenters. The van der Waals surface area contributed by atoms with Crippen LogP contribution < -0.4 is 4.72 Å². The summed E-state index contributed by atoms with van der Waals surface area (Å²) in [7, 11) is -2.48. The van der Waals surface area contributed by atoms with Gasteiger partial charge in [0.25, 0.3) is 0 Å². The minimum absolute atomic E-state index is 0.0558. The Morgan fingerprint density at radius 2 is 2.05 bits per heavy atom. The van der Waals surface area contributed by atoms with Gasteiger partial charge < -0.3 is 0 Å². The number of rotatable bonds is 4. The molecule has 2 rings (SSSR count). The van der Waals surface area contributed by atoms with Crippen molar-refractivity contribution in [2.24, 2.45) is 7.05 Å². The van der Waals surface area contributed by atoms with Crippen molar-refractivity contribution in [1.82, 2.24) is 14.5 Å². The highest BCUT2D eigenvalue weighted by atomic mass is 35.5. The molecule has 0 atom stereocenters. The maximum absolute atomic E-state index is 13.5. The van der Waals surface area contributed by atoms with E-state index in [-0.39, 0.29) is 21.3 Å².